The van der Waals surface area contributed by atoms with Crippen LogP contribution in [0.1, 0.15) is 27.4 Å². The second kappa shape index (κ2) is 7.72. The predicted molar refractivity (Wildman–Crippen MR) is 102 cm³/mol. The molecule has 0 saturated carbocycles. The molecule has 0 spiro atoms. The summed E-state index contributed by atoms with van der Waals surface area (Å²) in [5.74, 6) is -0.484. The Morgan fingerprint density at radius 1 is 1.38 bits per heavy atom. The Morgan fingerprint density at radius 3 is 2.97 bits per heavy atom. The van der Waals surface area contributed by atoms with E-state index in [4.69, 9.17) is 20.6 Å². The third-order valence-electron chi connectivity index (χ3n) is 4.48. The van der Waals surface area contributed by atoms with Gasteiger partial charge in [0.25, 0.3) is 11.8 Å². The molecule has 3 aromatic heterocycles. The van der Waals surface area contributed by atoms with Crippen molar-refractivity contribution in [3.8, 4) is 11.5 Å². The van der Waals surface area contributed by atoms with Crippen molar-refractivity contribution in [1.29, 1.82) is 0 Å². The first kappa shape index (κ1) is 18.6. The maximum absolute atomic E-state index is 12.6. The molecule has 4 heterocycles. The number of pyridine rings is 1. The second-order valence-corrected chi connectivity index (χ2v) is 6.67. The normalized spacial score (nSPS) is 16.1. The molecule has 1 aliphatic rings. The lowest BCUT2D eigenvalue weighted by atomic mass is 10.1. The van der Waals surface area contributed by atoms with Crippen molar-refractivity contribution in [2.75, 3.05) is 24.3 Å². The molecule has 1 aliphatic heterocycles. The number of nitrogens with zero attached hydrogens (tertiary/aromatic N) is 4. The van der Waals surface area contributed by atoms with Gasteiger partial charge >= 0.3 is 0 Å². The third kappa shape index (κ3) is 4.09. The van der Waals surface area contributed by atoms with Crippen LogP contribution in [0.3, 0.4) is 0 Å². The van der Waals surface area contributed by atoms with Crippen molar-refractivity contribution in [3.63, 3.8) is 0 Å². The molecule has 0 aromatic carbocycles. The summed E-state index contributed by atoms with van der Waals surface area (Å²) in [6.07, 6.45) is 5.21. The Morgan fingerprint density at radius 2 is 2.24 bits per heavy atom. The van der Waals surface area contributed by atoms with E-state index in [0.29, 0.717) is 37.1 Å². The van der Waals surface area contributed by atoms with E-state index >= 15 is 0 Å². The smallest absolute Gasteiger partial charge is 0.277 e. The molecular formula is C18H19N7O4. The molecular weight excluding hydrogens is 378 g/mol. The first-order valence-corrected chi connectivity index (χ1v) is 8.93. The van der Waals surface area contributed by atoms with Gasteiger partial charge in [-0.25, -0.2) is 9.97 Å². The van der Waals surface area contributed by atoms with Crippen molar-refractivity contribution >= 4 is 23.3 Å². The summed E-state index contributed by atoms with van der Waals surface area (Å²) in [5, 5.41) is 6.81. The monoisotopic (exact) mass is 397 g/mol. The minimum Gasteiger partial charge on any atom is -0.444 e. The average molecular weight is 397 g/mol. The summed E-state index contributed by atoms with van der Waals surface area (Å²) in [4.78, 5) is 32.4. The third-order valence-corrected chi connectivity index (χ3v) is 4.48. The SMILES string of the molecule is NC(=O)c1nn(CC2CCOC2)cc1NC(=O)c1coc(-c2ccnc(N)c2)n1. The zero-order chi connectivity index (χ0) is 20.4. The molecule has 150 valence electrons. The van der Waals surface area contributed by atoms with Gasteiger partial charge in [-0.2, -0.15) is 5.10 Å². The highest BCUT2D eigenvalue weighted by Crippen LogP contribution is 2.22. The molecule has 0 radical (unpaired) electrons. The standard InChI is InChI=1S/C18H19N7O4/c19-14-5-11(1-3-21-14)18-23-13(9-29-18)17(27)22-12-7-25(24-15(12)16(20)26)6-10-2-4-28-8-10/h1,3,5,7,9-10H,2,4,6,8H2,(H2,19,21)(H2,20,26)(H,22,27). The molecule has 1 unspecified atom stereocenters. The summed E-state index contributed by atoms with van der Waals surface area (Å²) in [5.41, 5.74) is 11.8. The Kier molecular flexibility index (Phi) is 4.96. The van der Waals surface area contributed by atoms with Crippen LogP contribution in [0.4, 0.5) is 11.5 Å². The van der Waals surface area contributed by atoms with Crippen LogP contribution in [0, 0.1) is 5.92 Å². The summed E-state index contributed by atoms with van der Waals surface area (Å²) >= 11 is 0. The number of oxazole rings is 1. The molecule has 1 atom stereocenters. The summed E-state index contributed by atoms with van der Waals surface area (Å²) in [7, 11) is 0. The molecule has 2 amide bonds. The van der Waals surface area contributed by atoms with Crippen LogP contribution in [0.2, 0.25) is 0 Å². The molecule has 4 rings (SSSR count). The van der Waals surface area contributed by atoms with E-state index in [1.807, 2.05) is 0 Å². The van der Waals surface area contributed by atoms with E-state index in [2.05, 4.69) is 20.4 Å². The first-order chi connectivity index (χ1) is 14.0. The maximum Gasteiger partial charge on any atom is 0.277 e. The van der Waals surface area contributed by atoms with Gasteiger partial charge in [0.15, 0.2) is 11.4 Å². The Labute approximate surface area is 165 Å². The zero-order valence-corrected chi connectivity index (χ0v) is 15.4. The maximum atomic E-state index is 12.6. The van der Waals surface area contributed by atoms with Crippen LogP contribution >= 0.6 is 0 Å². The van der Waals surface area contributed by atoms with Crippen LogP contribution in [0.25, 0.3) is 11.5 Å². The van der Waals surface area contributed by atoms with E-state index in [9.17, 15) is 9.59 Å². The highest BCUT2D eigenvalue weighted by molar-refractivity contribution is 6.07. The van der Waals surface area contributed by atoms with Crippen LogP contribution in [-0.2, 0) is 11.3 Å². The van der Waals surface area contributed by atoms with Gasteiger partial charge in [0.05, 0.1) is 12.3 Å². The predicted octanol–water partition coefficient (Wildman–Crippen LogP) is 0.903. The van der Waals surface area contributed by atoms with Gasteiger partial charge in [0, 0.05) is 37.0 Å². The van der Waals surface area contributed by atoms with Crippen LogP contribution in [-0.4, -0.2) is 44.8 Å². The van der Waals surface area contributed by atoms with Crippen molar-refractivity contribution in [2.24, 2.45) is 11.7 Å². The Hall–Kier alpha value is -3.73. The average Bonchev–Trinajstić information content (AvgIpc) is 3.42. The number of carbonyl (C=O) groups is 2. The van der Waals surface area contributed by atoms with Gasteiger partial charge < -0.3 is 25.9 Å². The largest absolute Gasteiger partial charge is 0.444 e. The van der Waals surface area contributed by atoms with Crippen molar-refractivity contribution in [3.05, 3.63) is 42.2 Å². The molecule has 11 heteroatoms. The lowest BCUT2D eigenvalue weighted by molar-refractivity contribution is 0.0995. The van der Waals surface area contributed by atoms with Crippen LogP contribution in [0.5, 0.6) is 0 Å². The summed E-state index contributed by atoms with van der Waals surface area (Å²) in [6.45, 7) is 1.90. The van der Waals surface area contributed by atoms with E-state index in [-0.39, 0.29) is 23.0 Å². The summed E-state index contributed by atoms with van der Waals surface area (Å²) < 4.78 is 12.3. The number of anilines is 2. The number of aromatic nitrogens is 4. The molecule has 5 N–H and O–H groups in total. The topological polar surface area (TPSA) is 164 Å². The fourth-order valence-electron chi connectivity index (χ4n) is 3.06. The van der Waals surface area contributed by atoms with Gasteiger partial charge in [-0.3, -0.25) is 14.3 Å². The van der Waals surface area contributed by atoms with Crippen LogP contribution in [0.15, 0.2) is 35.2 Å². The Balaban J connectivity index is 1.52. The second-order valence-electron chi connectivity index (χ2n) is 6.67. The van der Waals surface area contributed by atoms with Gasteiger partial charge in [-0.05, 0) is 18.6 Å². The number of nitrogens with one attached hydrogen (secondary N) is 1. The van der Waals surface area contributed by atoms with E-state index in [0.717, 1.165) is 6.42 Å². The molecule has 29 heavy (non-hydrogen) atoms. The molecule has 1 fully saturated rings. The number of nitrogen functional groups attached to an aromatic ring is 1. The van der Waals surface area contributed by atoms with Gasteiger partial charge in [0.2, 0.25) is 5.89 Å². The molecule has 0 aliphatic carbocycles. The highest BCUT2D eigenvalue weighted by Gasteiger charge is 2.22. The van der Waals surface area contributed by atoms with Crippen molar-refractivity contribution in [1.82, 2.24) is 19.7 Å². The van der Waals surface area contributed by atoms with Gasteiger partial charge in [0.1, 0.15) is 12.1 Å². The molecule has 0 bridgehead atoms. The van der Waals surface area contributed by atoms with Gasteiger partial charge in [-0.15, -0.1) is 0 Å². The van der Waals surface area contributed by atoms with Crippen molar-refractivity contribution in [2.45, 2.75) is 13.0 Å². The lowest BCUT2D eigenvalue weighted by Gasteiger charge is -2.06. The Bertz CT molecular complexity index is 1050. The first-order valence-electron chi connectivity index (χ1n) is 8.93. The molecule has 1 saturated heterocycles. The fourth-order valence-corrected chi connectivity index (χ4v) is 3.06. The summed E-state index contributed by atoms with van der Waals surface area (Å²) in [6, 6.07) is 3.24. The zero-order valence-electron chi connectivity index (χ0n) is 15.4. The van der Waals surface area contributed by atoms with E-state index in [1.165, 1.54) is 12.5 Å². The molecule has 3 aromatic rings. The number of carbonyl (C=O) groups excluding carboxylic acids is 2. The molecule has 11 nitrogen and oxygen atoms in total. The number of rotatable bonds is 6. The lowest BCUT2D eigenvalue weighted by Crippen LogP contribution is -2.18. The quantitative estimate of drug-likeness (QED) is 0.552. The number of ether oxygens (including phenoxy) is 1. The number of primary amides is 1. The van der Waals surface area contributed by atoms with E-state index < -0.39 is 11.8 Å². The minimum atomic E-state index is -0.741. The number of amides is 2. The number of hydrogen-bond acceptors (Lipinski definition) is 8. The van der Waals surface area contributed by atoms with Crippen LogP contribution < -0.4 is 16.8 Å². The van der Waals surface area contributed by atoms with Crippen molar-refractivity contribution < 1.29 is 18.7 Å². The van der Waals surface area contributed by atoms with Gasteiger partial charge in [-0.1, -0.05) is 0 Å². The number of nitrogens with two attached hydrogens (primary N) is 2. The number of hydrogen-bond donors (Lipinski definition) is 3. The highest BCUT2D eigenvalue weighted by atomic mass is 16.5. The van der Waals surface area contributed by atoms with E-state index in [1.54, 1.807) is 23.0 Å². The minimum absolute atomic E-state index is 0.0251. The fraction of sp³-hybridized carbons (Fsp3) is 0.278.